The lowest BCUT2D eigenvalue weighted by Gasteiger charge is -2.10. The molecule has 28 heavy (non-hydrogen) atoms. The number of hydrogen-bond donors (Lipinski definition) is 2. The Bertz CT molecular complexity index is 808. The second kappa shape index (κ2) is 10.2. The topological polar surface area (TPSA) is 58.2 Å². The lowest BCUT2D eigenvalue weighted by Crippen LogP contribution is -2.15. The van der Waals surface area contributed by atoms with Crippen LogP contribution in [0.5, 0.6) is 0 Å². The Morgan fingerprint density at radius 2 is 1.64 bits per heavy atom. The van der Waals surface area contributed by atoms with Crippen molar-refractivity contribution in [3.05, 3.63) is 54.1 Å². The highest BCUT2D eigenvalue weighted by Gasteiger charge is 2.30. The molecule has 0 saturated carbocycles. The van der Waals surface area contributed by atoms with Crippen LogP contribution in [0.1, 0.15) is 31.7 Å². The van der Waals surface area contributed by atoms with Crippen LogP contribution in [0, 0.1) is 0 Å². The Labute approximate surface area is 165 Å². The summed E-state index contributed by atoms with van der Waals surface area (Å²) in [7, 11) is 0. The number of nitrogens with one attached hydrogen (secondary N) is 2. The average molecular weight is 410 g/mol. The third kappa shape index (κ3) is 7.26. The minimum absolute atomic E-state index is 0.0391. The van der Waals surface area contributed by atoms with Gasteiger partial charge in [-0.25, -0.2) is 0 Å². The summed E-state index contributed by atoms with van der Waals surface area (Å²) >= 11 is 1.25. The molecule has 0 bridgehead atoms. The summed E-state index contributed by atoms with van der Waals surface area (Å²) in [5.74, 6) is -0.387. The molecule has 2 amide bonds. The smallest absolute Gasteiger partial charge is 0.326 e. The van der Waals surface area contributed by atoms with Crippen molar-refractivity contribution in [3.8, 4) is 0 Å². The molecule has 0 radical (unpaired) electrons. The van der Waals surface area contributed by atoms with E-state index in [0.717, 1.165) is 29.9 Å². The highest BCUT2D eigenvalue weighted by atomic mass is 32.2. The van der Waals surface area contributed by atoms with Gasteiger partial charge in [-0.1, -0.05) is 19.4 Å². The maximum Gasteiger partial charge on any atom is 0.416 e. The van der Waals surface area contributed by atoms with E-state index in [9.17, 15) is 22.8 Å². The van der Waals surface area contributed by atoms with Crippen molar-refractivity contribution in [2.24, 2.45) is 0 Å². The molecule has 0 fully saturated rings. The molecule has 4 nitrogen and oxygen atoms in total. The zero-order chi connectivity index (χ0) is 20.6. The van der Waals surface area contributed by atoms with Gasteiger partial charge in [0.05, 0.1) is 11.3 Å². The van der Waals surface area contributed by atoms with Crippen LogP contribution in [0.25, 0.3) is 0 Å². The minimum Gasteiger partial charge on any atom is -0.326 e. The van der Waals surface area contributed by atoms with E-state index < -0.39 is 17.6 Å². The fourth-order valence-electron chi connectivity index (χ4n) is 2.31. The van der Waals surface area contributed by atoms with Gasteiger partial charge in [0.25, 0.3) is 0 Å². The van der Waals surface area contributed by atoms with E-state index in [1.165, 1.54) is 23.9 Å². The normalized spacial score (nSPS) is 11.1. The van der Waals surface area contributed by atoms with Crippen LogP contribution in [0.2, 0.25) is 0 Å². The van der Waals surface area contributed by atoms with Gasteiger partial charge in [-0.2, -0.15) is 13.2 Å². The number of thioether (sulfide) groups is 1. The second-order valence-corrected chi connectivity index (χ2v) is 7.14. The summed E-state index contributed by atoms with van der Waals surface area (Å²) in [4.78, 5) is 24.5. The zero-order valence-corrected chi connectivity index (χ0v) is 16.1. The van der Waals surface area contributed by atoms with Crippen molar-refractivity contribution < 1.29 is 22.8 Å². The van der Waals surface area contributed by atoms with Crippen LogP contribution in [0.3, 0.4) is 0 Å². The predicted molar refractivity (Wildman–Crippen MR) is 105 cm³/mol. The number of rotatable bonds is 8. The van der Waals surface area contributed by atoms with Gasteiger partial charge in [0.15, 0.2) is 0 Å². The molecule has 8 heteroatoms. The number of carbonyl (C=O) groups excluding carboxylic acids is 2. The summed E-state index contributed by atoms with van der Waals surface area (Å²) in [5, 5.41) is 5.26. The van der Waals surface area contributed by atoms with Crippen LogP contribution in [-0.4, -0.2) is 17.6 Å². The highest BCUT2D eigenvalue weighted by Crippen LogP contribution is 2.30. The van der Waals surface area contributed by atoms with Gasteiger partial charge in [0.2, 0.25) is 11.8 Å². The molecule has 150 valence electrons. The lowest BCUT2D eigenvalue weighted by atomic mass is 10.2. The monoisotopic (exact) mass is 410 g/mol. The van der Waals surface area contributed by atoms with Gasteiger partial charge in [0.1, 0.15) is 0 Å². The van der Waals surface area contributed by atoms with Crippen LogP contribution in [-0.2, 0) is 15.8 Å². The van der Waals surface area contributed by atoms with Gasteiger partial charge in [0, 0.05) is 22.7 Å². The van der Waals surface area contributed by atoms with E-state index in [-0.39, 0.29) is 17.3 Å². The van der Waals surface area contributed by atoms with Crippen molar-refractivity contribution >= 4 is 35.0 Å². The van der Waals surface area contributed by atoms with Crippen LogP contribution in [0.15, 0.2) is 53.4 Å². The Morgan fingerprint density at radius 1 is 0.964 bits per heavy atom. The molecular formula is C20H21F3N2O2S. The van der Waals surface area contributed by atoms with Gasteiger partial charge in [-0.15, -0.1) is 11.8 Å². The molecule has 0 atom stereocenters. The lowest BCUT2D eigenvalue weighted by molar-refractivity contribution is -0.137. The Kier molecular flexibility index (Phi) is 7.92. The summed E-state index contributed by atoms with van der Waals surface area (Å²) in [6.07, 6.45) is -2.20. The molecule has 0 aromatic heterocycles. The molecule has 2 aromatic carbocycles. The molecule has 0 spiro atoms. The fourth-order valence-corrected chi connectivity index (χ4v) is 3.01. The van der Waals surface area contributed by atoms with Crippen molar-refractivity contribution in [3.63, 3.8) is 0 Å². The maximum absolute atomic E-state index is 12.7. The first-order chi connectivity index (χ1) is 13.3. The number of unbranched alkanes of at least 4 members (excludes halogenated alkanes) is 1. The minimum atomic E-state index is -4.46. The first-order valence-electron chi connectivity index (χ1n) is 8.77. The van der Waals surface area contributed by atoms with E-state index in [2.05, 4.69) is 10.6 Å². The SMILES string of the molecule is CCCCC(=O)Nc1ccc(SCC(=O)Nc2cccc(C(F)(F)F)c2)cc1. The van der Waals surface area contributed by atoms with Gasteiger partial charge in [-0.3, -0.25) is 9.59 Å². The van der Waals surface area contributed by atoms with Gasteiger partial charge >= 0.3 is 6.18 Å². The summed E-state index contributed by atoms with van der Waals surface area (Å²) in [5.41, 5.74) is -0.0287. The van der Waals surface area contributed by atoms with Crippen molar-refractivity contribution in [1.82, 2.24) is 0 Å². The van der Waals surface area contributed by atoms with E-state index in [0.29, 0.717) is 12.1 Å². The molecular weight excluding hydrogens is 389 g/mol. The fraction of sp³-hybridized carbons (Fsp3) is 0.300. The summed E-state index contributed by atoms with van der Waals surface area (Å²) in [6.45, 7) is 2.02. The third-order valence-corrected chi connectivity index (χ3v) is 4.75. The maximum atomic E-state index is 12.7. The largest absolute Gasteiger partial charge is 0.416 e. The number of alkyl halides is 3. The van der Waals surface area contributed by atoms with Crippen LogP contribution < -0.4 is 10.6 Å². The molecule has 0 aliphatic rings. The van der Waals surface area contributed by atoms with Crippen molar-refractivity contribution in [2.75, 3.05) is 16.4 Å². The molecule has 2 aromatic rings. The number of halogens is 3. The molecule has 0 heterocycles. The zero-order valence-electron chi connectivity index (χ0n) is 15.3. The number of carbonyl (C=O) groups is 2. The molecule has 0 aliphatic carbocycles. The molecule has 0 unspecified atom stereocenters. The molecule has 2 rings (SSSR count). The average Bonchev–Trinajstić information content (AvgIpc) is 2.65. The first kappa shape index (κ1) is 21.8. The first-order valence-corrected chi connectivity index (χ1v) is 9.76. The van der Waals surface area contributed by atoms with E-state index in [4.69, 9.17) is 0 Å². The second-order valence-electron chi connectivity index (χ2n) is 6.09. The summed E-state index contributed by atoms with van der Waals surface area (Å²) in [6, 6.07) is 11.6. The number of hydrogen-bond acceptors (Lipinski definition) is 3. The number of benzene rings is 2. The van der Waals surface area contributed by atoms with Crippen LogP contribution in [0.4, 0.5) is 24.5 Å². The van der Waals surface area contributed by atoms with Crippen molar-refractivity contribution in [2.45, 2.75) is 37.3 Å². The van der Waals surface area contributed by atoms with E-state index in [1.807, 2.05) is 6.92 Å². The quantitative estimate of drug-likeness (QED) is 0.560. The highest BCUT2D eigenvalue weighted by molar-refractivity contribution is 8.00. The molecule has 0 aliphatic heterocycles. The third-order valence-electron chi connectivity index (χ3n) is 3.74. The number of anilines is 2. The van der Waals surface area contributed by atoms with Gasteiger partial charge < -0.3 is 10.6 Å². The van der Waals surface area contributed by atoms with Gasteiger partial charge in [-0.05, 0) is 48.9 Å². The predicted octanol–water partition coefficient (Wildman–Crippen LogP) is 5.56. The standard InChI is InChI=1S/C20H21F3N2O2S/c1-2-3-7-18(26)24-15-8-10-17(11-9-15)28-13-19(27)25-16-6-4-5-14(12-16)20(21,22)23/h4-6,8-12H,2-3,7,13H2,1H3,(H,24,26)(H,25,27). The Morgan fingerprint density at radius 3 is 2.29 bits per heavy atom. The molecule has 2 N–H and O–H groups in total. The Balaban J connectivity index is 1.83. The van der Waals surface area contributed by atoms with E-state index >= 15 is 0 Å². The Hall–Kier alpha value is -2.48. The number of amides is 2. The summed E-state index contributed by atoms with van der Waals surface area (Å²) < 4.78 is 38.1. The van der Waals surface area contributed by atoms with Crippen molar-refractivity contribution in [1.29, 1.82) is 0 Å². The van der Waals surface area contributed by atoms with Crippen LogP contribution >= 0.6 is 11.8 Å². The molecule has 0 saturated heterocycles. The van der Waals surface area contributed by atoms with E-state index in [1.54, 1.807) is 24.3 Å².